The number of anilines is 1. The van der Waals surface area contributed by atoms with E-state index in [2.05, 4.69) is 0 Å². The summed E-state index contributed by atoms with van der Waals surface area (Å²) in [6, 6.07) is 8.86. The lowest BCUT2D eigenvalue weighted by Gasteiger charge is -2.12. The molecule has 0 aliphatic heterocycles. The summed E-state index contributed by atoms with van der Waals surface area (Å²) in [5.41, 5.74) is 7.96. The van der Waals surface area contributed by atoms with Crippen molar-refractivity contribution in [2.24, 2.45) is 0 Å². The summed E-state index contributed by atoms with van der Waals surface area (Å²) >= 11 is 0. The van der Waals surface area contributed by atoms with Crippen LogP contribution in [0.2, 0.25) is 0 Å². The van der Waals surface area contributed by atoms with Crippen LogP contribution in [-0.2, 0) is 16.6 Å². The molecular weight excluding hydrogens is 354 g/mol. The highest BCUT2D eigenvalue weighted by Gasteiger charge is 2.11. The normalized spacial score (nSPS) is 12.0. The average molecular weight is 377 g/mol. The van der Waals surface area contributed by atoms with Crippen molar-refractivity contribution in [2.45, 2.75) is 5.75 Å². The largest absolute Gasteiger partial charge is 0.496 e. The Balaban J connectivity index is 2.21. The Bertz CT molecular complexity index is 795. The molecule has 0 aliphatic carbocycles. The van der Waals surface area contributed by atoms with E-state index in [1.54, 1.807) is 64.2 Å². The van der Waals surface area contributed by atoms with E-state index >= 15 is 0 Å². The van der Waals surface area contributed by atoms with Gasteiger partial charge in [-0.25, -0.2) is 0 Å². The minimum atomic E-state index is -1.24. The summed E-state index contributed by atoms with van der Waals surface area (Å²) in [4.78, 5) is 0. The Morgan fingerprint density at radius 2 is 1.54 bits per heavy atom. The number of benzene rings is 2. The Morgan fingerprint density at radius 1 is 0.923 bits per heavy atom. The first-order valence-corrected chi connectivity index (χ1v) is 9.18. The van der Waals surface area contributed by atoms with Gasteiger partial charge in [0.05, 0.1) is 56.2 Å². The van der Waals surface area contributed by atoms with Crippen LogP contribution >= 0.6 is 0 Å². The molecule has 1 atom stereocenters. The number of hydrogen-bond acceptors (Lipinski definition) is 6. The number of rotatable bonds is 8. The van der Waals surface area contributed by atoms with Gasteiger partial charge in [0.15, 0.2) is 0 Å². The van der Waals surface area contributed by atoms with Crippen molar-refractivity contribution in [1.29, 1.82) is 0 Å². The Morgan fingerprint density at radius 3 is 2.04 bits per heavy atom. The van der Waals surface area contributed by atoms with Gasteiger partial charge >= 0.3 is 0 Å². The molecule has 0 spiro atoms. The van der Waals surface area contributed by atoms with Gasteiger partial charge < -0.3 is 24.7 Å². The summed E-state index contributed by atoms with van der Waals surface area (Å²) < 4.78 is 33.5. The molecular formula is C19H23NO5S. The third-order valence-corrected chi connectivity index (χ3v) is 4.80. The minimum absolute atomic E-state index is 0.339. The average Bonchev–Trinajstić information content (AvgIpc) is 2.65. The van der Waals surface area contributed by atoms with Crippen LogP contribution in [0.15, 0.2) is 35.7 Å². The summed E-state index contributed by atoms with van der Waals surface area (Å²) in [5.74, 6) is 2.70. The maximum absolute atomic E-state index is 12.4. The van der Waals surface area contributed by atoms with E-state index in [9.17, 15) is 4.21 Å². The first-order chi connectivity index (χ1) is 12.5. The fraction of sp³-hybridized carbons (Fsp3) is 0.263. The standard InChI is InChI=1S/C19H23NO5S/c1-22-14-10-18(24-3)15(19(11-14)25-4)7-8-26(21)12-13-5-6-17(23-2)16(20)9-13/h5-11H,12,20H2,1-4H3. The molecule has 0 amide bonds. The SMILES string of the molecule is COc1cc(OC)c(C=CS(=O)Cc2ccc(OC)c(N)c2)c(OC)c1. The predicted molar refractivity (Wildman–Crippen MR) is 104 cm³/mol. The van der Waals surface area contributed by atoms with E-state index in [0.29, 0.717) is 40.0 Å². The van der Waals surface area contributed by atoms with Gasteiger partial charge in [-0.05, 0) is 23.8 Å². The lowest BCUT2D eigenvalue weighted by molar-refractivity contribution is 0.374. The van der Waals surface area contributed by atoms with Crippen LogP contribution in [0.3, 0.4) is 0 Å². The lowest BCUT2D eigenvalue weighted by atomic mass is 10.1. The van der Waals surface area contributed by atoms with Crippen molar-refractivity contribution in [3.05, 3.63) is 46.9 Å². The molecule has 0 saturated carbocycles. The molecule has 7 heteroatoms. The smallest absolute Gasteiger partial charge is 0.141 e. The monoisotopic (exact) mass is 377 g/mol. The minimum Gasteiger partial charge on any atom is -0.496 e. The van der Waals surface area contributed by atoms with E-state index in [4.69, 9.17) is 24.7 Å². The zero-order valence-corrected chi connectivity index (χ0v) is 16.1. The predicted octanol–water partition coefficient (Wildman–Crippen LogP) is 3.22. The third-order valence-electron chi connectivity index (χ3n) is 3.74. The van der Waals surface area contributed by atoms with E-state index in [0.717, 1.165) is 5.56 Å². The van der Waals surface area contributed by atoms with Crippen LogP contribution < -0.4 is 24.7 Å². The van der Waals surface area contributed by atoms with Gasteiger partial charge in [-0.1, -0.05) is 6.07 Å². The first-order valence-electron chi connectivity index (χ1n) is 7.80. The van der Waals surface area contributed by atoms with E-state index in [1.165, 1.54) is 0 Å². The summed E-state index contributed by atoms with van der Waals surface area (Å²) in [5, 5.41) is 1.60. The third kappa shape index (κ3) is 4.70. The Hall–Kier alpha value is -2.67. The molecule has 0 fully saturated rings. The molecule has 1 unspecified atom stereocenters. The van der Waals surface area contributed by atoms with Gasteiger partial charge in [0.25, 0.3) is 0 Å². The zero-order chi connectivity index (χ0) is 19.1. The van der Waals surface area contributed by atoms with E-state index in [1.807, 2.05) is 6.07 Å². The summed E-state index contributed by atoms with van der Waals surface area (Å²) in [7, 11) is 5.01. The molecule has 2 aromatic rings. The highest BCUT2D eigenvalue weighted by atomic mass is 32.2. The topological polar surface area (TPSA) is 80.0 Å². The molecule has 0 heterocycles. The van der Waals surface area contributed by atoms with Gasteiger partial charge in [0, 0.05) is 17.5 Å². The van der Waals surface area contributed by atoms with Crippen molar-refractivity contribution >= 4 is 22.6 Å². The number of ether oxygens (including phenoxy) is 4. The van der Waals surface area contributed by atoms with Gasteiger partial charge in [-0.3, -0.25) is 4.21 Å². The van der Waals surface area contributed by atoms with Crippen LogP contribution in [0.1, 0.15) is 11.1 Å². The van der Waals surface area contributed by atoms with Crippen molar-refractivity contribution < 1.29 is 23.2 Å². The quantitative estimate of drug-likeness (QED) is 0.712. The van der Waals surface area contributed by atoms with Crippen molar-refractivity contribution in [3.63, 3.8) is 0 Å². The van der Waals surface area contributed by atoms with Crippen LogP contribution in [0, 0.1) is 0 Å². The van der Waals surface area contributed by atoms with Gasteiger partial charge in [-0.2, -0.15) is 0 Å². The van der Waals surface area contributed by atoms with Crippen molar-refractivity contribution in [2.75, 3.05) is 34.2 Å². The number of hydrogen-bond donors (Lipinski definition) is 1. The molecule has 2 N–H and O–H groups in total. The van der Waals surface area contributed by atoms with Gasteiger partial charge in [0.1, 0.15) is 23.0 Å². The molecule has 0 aromatic heterocycles. The maximum atomic E-state index is 12.4. The number of nitrogens with two attached hydrogens (primary N) is 1. The van der Waals surface area contributed by atoms with E-state index < -0.39 is 10.8 Å². The second-order valence-electron chi connectivity index (χ2n) is 5.35. The van der Waals surface area contributed by atoms with Crippen molar-refractivity contribution in [1.82, 2.24) is 0 Å². The Labute approximate surface area is 156 Å². The molecule has 2 rings (SSSR count). The van der Waals surface area contributed by atoms with Crippen LogP contribution in [-0.4, -0.2) is 32.6 Å². The fourth-order valence-electron chi connectivity index (χ4n) is 2.43. The van der Waals surface area contributed by atoms with Gasteiger partial charge in [0.2, 0.25) is 0 Å². The molecule has 0 aliphatic rings. The maximum Gasteiger partial charge on any atom is 0.141 e. The molecule has 2 aromatic carbocycles. The second-order valence-corrected chi connectivity index (χ2v) is 6.67. The molecule has 6 nitrogen and oxygen atoms in total. The van der Waals surface area contributed by atoms with Crippen LogP contribution in [0.5, 0.6) is 23.0 Å². The second kappa shape index (κ2) is 9.15. The van der Waals surface area contributed by atoms with Crippen LogP contribution in [0.25, 0.3) is 6.08 Å². The summed E-state index contributed by atoms with van der Waals surface area (Å²) in [6.45, 7) is 0. The highest BCUT2D eigenvalue weighted by molar-refractivity contribution is 7.87. The molecule has 0 saturated heterocycles. The Kier molecular flexibility index (Phi) is 6.91. The van der Waals surface area contributed by atoms with Gasteiger partial charge in [-0.15, -0.1) is 0 Å². The highest BCUT2D eigenvalue weighted by Crippen LogP contribution is 2.35. The molecule has 140 valence electrons. The molecule has 0 bridgehead atoms. The number of nitrogen functional groups attached to an aromatic ring is 1. The molecule has 26 heavy (non-hydrogen) atoms. The van der Waals surface area contributed by atoms with Crippen LogP contribution in [0.4, 0.5) is 5.69 Å². The lowest BCUT2D eigenvalue weighted by Crippen LogP contribution is -1.97. The number of methoxy groups -OCH3 is 4. The summed E-state index contributed by atoms with van der Waals surface area (Å²) in [6.07, 6.45) is 1.72. The molecule has 0 radical (unpaired) electrons. The van der Waals surface area contributed by atoms with E-state index in [-0.39, 0.29) is 0 Å². The first kappa shape index (κ1) is 19.7. The zero-order valence-electron chi connectivity index (χ0n) is 15.3. The fourth-order valence-corrected chi connectivity index (χ4v) is 3.32. The van der Waals surface area contributed by atoms with Crippen molar-refractivity contribution in [3.8, 4) is 23.0 Å².